The first kappa shape index (κ1) is 36.1. The van der Waals surface area contributed by atoms with Crippen LogP contribution in [0.1, 0.15) is 58.6 Å². The smallest absolute Gasteiger partial charge is 0.408 e. The van der Waals surface area contributed by atoms with Gasteiger partial charge in [-0.1, -0.05) is 66.8 Å². The first-order chi connectivity index (χ1) is 22.1. The van der Waals surface area contributed by atoms with Crippen molar-refractivity contribution in [3.63, 3.8) is 0 Å². The van der Waals surface area contributed by atoms with Crippen LogP contribution in [0.5, 0.6) is 0 Å². The maximum atomic E-state index is 13.9. The summed E-state index contributed by atoms with van der Waals surface area (Å²) in [5, 5.41) is 17.9. The molecule has 0 fully saturated rings. The number of carboxylic acid groups (broad SMARTS) is 1. The van der Waals surface area contributed by atoms with E-state index < -0.39 is 53.6 Å². The molecule has 1 heterocycles. The van der Waals surface area contributed by atoms with Crippen LogP contribution in [0.15, 0.2) is 79.0 Å². The summed E-state index contributed by atoms with van der Waals surface area (Å²) in [4.78, 5) is 67.9. The number of nitrogens with one attached hydrogen (secondary N) is 4. The lowest BCUT2D eigenvalue weighted by molar-refractivity contribution is -0.155. The van der Waals surface area contributed by atoms with Crippen LogP contribution in [-0.2, 0) is 35.3 Å². The van der Waals surface area contributed by atoms with Gasteiger partial charge in [0.2, 0.25) is 11.8 Å². The predicted molar refractivity (Wildman–Crippen MR) is 177 cm³/mol. The van der Waals surface area contributed by atoms with E-state index in [-0.39, 0.29) is 25.0 Å². The van der Waals surface area contributed by atoms with Crippen molar-refractivity contribution >= 4 is 46.3 Å². The van der Waals surface area contributed by atoms with Gasteiger partial charge in [0, 0.05) is 29.1 Å². The van der Waals surface area contributed by atoms with Gasteiger partial charge in [-0.2, -0.15) is 0 Å². The Kier molecular flexibility index (Phi) is 12.5. The number of aliphatic carboxylic acids is 1. The summed E-state index contributed by atoms with van der Waals surface area (Å²) in [6.07, 6.45) is 1.58. The number of ether oxygens (including phenoxy) is 2. The Balaban J connectivity index is 1.90. The standard InChI is InChI=1S/C35H42N4O8/c1-21(2)18-28(33(43)44)38-31(41)27(16-17-29(40)47-35(4,5)6)37-32(42)30(39-34(45)46-20-23-12-8-7-9-13-23)22(3)25-19-36-26-15-11-10-14-24(25)26/h7-15,18-19,27-28,30,36H,3,16-17,20H2,1-2,4-6H3,(H,37,42)(H,38,41)(H,39,45)(H,43,44)/t27-,28?,30-/m0/s1. The molecule has 2 aromatic carbocycles. The normalized spacial score (nSPS) is 13.0. The van der Waals surface area contributed by atoms with Crippen LogP contribution in [0.25, 0.3) is 16.5 Å². The molecule has 3 rings (SSSR count). The molecular formula is C35H42N4O8. The van der Waals surface area contributed by atoms with Gasteiger partial charge in [0.05, 0.1) is 0 Å². The van der Waals surface area contributed by atoms with Gasteiger partial charge in [0.15, 0.2) is 0 Å². The van der Waals surface area contributed by atoms with Crippen molar-refractivity contribution < 1.29 is 38.6 Å². The Morgan fingerprint density at radius 3 is 2.23 bits per heavy atom. The minimum absolute atomic E-state index is 0.0670. The molecule has 0 aliphatic carbocycles. The number of allylic oxidation sites excluding steroid dienone is 1. The molecule has 12 heteroatoms. The van der Waals surface area contributed by atoms with Gasteiger partial charge >= 0.3 is 18.0 Å². The topological polar surface area (TPSA) is 176 Å². The molecule has 250 valence electrons. The number of para-hydroxylation sites is 1. The lowest BCUT2D eigenvalue weighted by Gasteiger charge is -2.25. The van der Waals surface area contributed by atoms with E-state index >= 15 is 0 Å². The van der Waals surface area contributed by atoms with Crippen molar-refractivity contribution in [2.45, 2.75) is 77.8 Å². The Labute approximate surface area is 273 Å². The number of aromatic amines is 1. The summed E-state index contributed by atoms with van der Waals surface area (Å²) in [7, 11) is 0. The maximum Gasteiger partial charge on any atom is 0.408 e. The van der Waals surface area contributed by atoms with E-state index in [1.165, 1.54) is 6.08 Å². The second-order valence-electron chi connectivity index (χ2n) is 12.2. The molecule has 3 atom stereocenters. The third kappa shape index (κ3) is 11.2. The molecule has 0 saturated heterocycles. The van der Waals surface area contributed by atoms with Crippen LogP contribution in [-0.4, -0.2) is 63.7 Å². The van der Waals surface area contributed by atoms with Gasteiger partial charge in [0.1, 0.15) is 30.3 Å². The molecule has 12 nitrogen and oxygen atoms in total. The molecule has 0 aliphatic rings. The number of carbonyl (C=O) groups excluding carboxylic acids is 4. The number of hydrogen-bond donors (Lipinski definition) is 5. The SMILES string of the molecule is C=C(c1c[nH]c2ccccc12)[C@H](NC(=O)OCc1ccccc1)C(=O)N[C@@H](CCC(=O)OC(C)(C)C)C(=O)NC(C=C(C)C)C(=O)O. The van der Waals surface area contributed by atoms with Crippen LogP contribution in [0.3, 0.4) is 0 Å². The number of carboxylic acids is 1. The van der Waals surface area contributed by atoms with Crippen molar-refractivity contribution in [3.05, 3.63) is 90.1 Å². The van der Waals surface area contributed by atoms with Crippen molar-refractivity contribution in [1.82, 2.24) is 20.9 Å². The van der Waals surface area contributed by atoms with E-state index in [1.54, 1.807) is 65.1 Å². The fraction of sp³-hybridized carbons (Fsp3) is 0.343. The molecule has 1 aromatic heterocycles. The number of H-pyrrole nitrogens is 1. The van der Waals surface area contributed by atoms with Crippen LogP contribution in [0.4, 0.5) is 4.79 Å². The zero-order valence-corrected chi connectivity index (χ0v) is 27.2. The molecule has 0 bridgehead atoms. The lowest BCUT2D eigenvalue weighted by Crippen LogP contribution is -2.55. The molecule has 1 unspecified atom stereocenters. The number of fused-ring (bicyclic) bond motifs is 1. The lowest BCUT2D eigenvalue weighted by atomic mass is 9.98. The average molecular weight is 647 g/mol. The fourth-order valence-corrected chi connectivity index (χ4v) is 4.63. The number of esters is 1. The van der Waals surface area contributed by atoms with E-state index in [1.807, 2.05) is 30.3 Å². The van der Waals surface area contributed by atoms with Crippen molar-refractivity contribution in [1.29, 1.82) is 0 Å². The van der Waals surface area contributed by atoms with Gasteiger partial charge in [-0.05, 0) is 58.2 Å². The van der Waals surface area contributed by atoms with E-state index in [9.17, 15) is 29.1 Å². The Bertz CT molecular complexity index is 1630. The highest BCUT2D eigenvalue weighted by molar-refractivity contribution is 6.04. The summed E-state index contributed by atoms with van der Waals surface area (Å²) in [5.41, 5.74) is 2.07. The molecule has 0 saturated carbocycles. The Morgan fingerprint density at radius 1 is 0.936 bits per heavy atom. The molecular weight excluding hydrogens is 604 g/mol. The number of rotatable bonds is 14. The summed E-state index contributed by atoms with van der Waals surface area (Å²) >= 11 is 0. The molecule has 5 N–H and O–H groups in total. The Morgan fingerprint density at radius 2 is 1.60 bits per heavy atom. The third-order valence-corrected chi connectivity index (χ3v) is 6.77. The first-order valence-corrected chi connectivity index (χ1v) is 15.1. The molecule has 0 spiro atoms. The monoisotopic (exact) mass is 646 g/mol. The zero-order valence-electron chi connectivity index (χ0n) is 27.2. The molecule has 0 radical (unpaired) electrons. The highest BCUT2D eigenvalue weighted by Crippen LogP contribution is 2.26. The highest BCUT2D eigenvalue weighted by atomic mass is 16.6. The fourth-order valence-electron chi connectivity index (χ4n) is 4.63. The van der Waals surface area contributed by atoms with Crippen molar-refractivity contribution in [2.24, 2.45) is 0 Å². The summed E-state index contributed by atoms with van der Waals surface area (Å²) < 4.78 is 10.7. The van der Waals surface area contributed by atoms with Crippen molar-refractivity contribution in [2.75, 3.05) is 0 Å². The maximum absolute atomic E-state index is 13.9. The number of amides is 3. The van der Waals surface area contributed by atoms with Crippen LogP contribution in [0, 0.1) is 0 Å². The largest absolute Gasteiger partial charge is 0.479 e. The van der Waals surface area contributed by atoms with Gasteiger partial charge in [-0.25, -0.2) is 9.59 Å². The van der Waals surface area contributed by atoms with E-state index in [2.05, 4.69) is 27.5 Å². The number of carbonyl (C=O) groups is 5. The minimum atomic E-state index is -1.43. The first-order valence-electron chi connectivity index (χ1n) is 15.1. The number of benzene rings is 2. The van der Waals surface area contributed by atoms with Gasteiger partial charge in [0.25, 0.3) is 0 Å². The third-order valence-electron chi connectivity index (χ3n) is 6.77. The van der Waals surface area contributed by atoms with Gasteiger partial charge in [-0.15, -0.1) is 0 Å². The molecule has 0 aliphatic heterocycles. The highest BCUT2D eigenvalue weighted by Gasteiger charge is 2.32. The second kappa shape index (κ2) is 16.3. The number of alkyl carbamates (subject to hydrolysis) is 1. The summed E-state index contributed by atoms with van der Waals surface area (Å²) in [6.45, 7) is 12.5. The molecule has 3 aromatic rings. The predicted octanol–water partition coefficient (Wildman–Crippen LogP) is 4.62. The summed E-state index contributed by atoms with van der Waals surface area (Å²) in [5.74, 6) is -3.62. The quantitative estimate of drug-likeness (QED) is 0.125. The molecule has 47 heavy (non-hydrogen) atoms. The van der Waals surface area contributed by atoms with Crippen molar-refractivity contribution in [3.8, 4) is 0 Å². The van der Waals surface area contributed by atoms with Crippen LogP contribution in [0.2, 0.25) is 0 Å². The summed E-state index contributed by atoms with van der Waals surface area (Å²) in [6, 6.07) is 12.1. The van der Waals surface area contributed by atoms with E-state index in [0.717, 1.165) is 16.5 Å². The zero-order chi connectivity index (χ0) is 34.7. The second-order valence-corrected chi connectivity index (χ2v) is 12.2. The number of hydrogen-bond acceptors (Lipinski definition) is 7. The molecule has 3 amide bonds. The van der Waals surface area contributed by atoms with E-state index in [4.69, 9.17) is 9.47 Å². The number of aromatic nitrogens is 1. The van der Waals surface area contributed by atoms with Crippen LogP contribution < -0.4 is 16.0 Å². The Hall–Kier alpha value is -5.39. The van der Waals surface area contributed by atoms with Gasteiger partial charge < -0.3 is 35.5 Å². The average Bonchev–Trinajstić information content (AvgIpc) is 3.43. The van der Waals surface area contributed by atoms with Gasteiger partial charge in [-0.3, -0.25) is 14.4 Å². The van der Waals surface area contributed by atoms with Crippen LogP contribution >= 0.6 is 0 Å². The van der Waals surface area contributed by atoms with E-state index in [0.29, 0.717) is 11.1 Å². The minimum Gasteiger partial charge on any atom is -0.479 e.